The molecule has 1 aliphatic heterocycles. The Labute approximate surface area is 211 Å². The molecule has 36 heavy (non-hydrogen) atoms. The third-order valence-corrected chi connectivity index (χ3v) is 9.49. The van der Waals surface area contributed by atoms with Crippen molar-refractivity contribution in [1.82, 2.24) is 4.31 Å². The number of amides is 1. The van der Waals surface area contributed by atoms with Crippen molar-refractivity contribution in [2.24, 2.45) is 0 Å². The molecule has 3 aromatic rings. The van der Waals surface area contributed by atoms with E-state index in [-0.39, 0.29) is 21.2 Å². The minimum Gasteiger partial charge on any atom is -0.495 e. The molecule has 3 aromatic carbocycles. The van der Waals surface area contributed by atoms with Crippen molar-refractivity contribution in [1.29, 1.82) is 0 Å². The second-order valence-electron chi connectivity index (χ2n) is 8.18. The smallest absolute Gasteiger partial charge is 0.264 e. The molecule has 1 aliphatic rings. The third kappa shape index (κ3) is 5.38. The number of hydrogen-bond donors (Lipinski definition) is 1. The van der Waals surface area contributed by atoms with E-state index in [1.54, 1.807) is 48.5 Å². The zero-order valence-corrected chi connectivity index (χ0v) is 21.3. The summed E-state index contributed by atoms with van der Waals surface area (Å²) in [5.41, 5.74) is 0.446. The molecule has 0 aromatic heterocycles. The van der Waals surface area contributed by atoms with Crippen LogP contribution in [0.15, 0.2) is 88.7 Å². The maximum atomic E-state index is 13.4. The van der Waals surface area contributed by atoms with Gasteiger partial charge in [-0.25, -0.2) is 16.8 Å². The van der Waals surface area contributed by atoms with Gasteiger partial charge in [0.05, 0.1) is 28.3 Å². The van der Waals surface area contributed by atoms with Crippen molar-refractivity contribution >= 4 is 37.3 Å². The molecule has 1 saturated heterocycles. The van der Waals surface area contributed by atoms with Crippen molar-refractivity contribution in [2.45, 2.75) is 22.6 Å². The lowest BCUT2D eigenvalue weighted by Crippen LogP contribution is -2.38. The van der Waals surface area contributed by atoms with Crippen LogP contribution in [0.2, 0.25) is 0 Å². The number of benzene rings is 3. The van der Waals surface area contributed by atoms with E-state index in [1.165, 1.54) is 41.7 Å². The van der Waals surface area contributed by atoms with Gasteiger partial charge in [-0.3, -0.25) is 9.10 Å². The molecular formula is C25H27N3O6S2. The van der Waals surface area contributed by atoms with Crippen LogP contribution in [0.3, 0.4) is 0 Å². The van der Waals surface area contributed by atoms with Crippen LogP contribution in [0.1, 0.15) is 12.8 Å². The van der Waals surface area contributed by atoms with Crippen molar-refractivity contribution in [2.75, 3.05) is 36.4 Å². The van der Waals surface area contributed by atoms with Crippen LogP contribution in [0, 0.1) is 0 Å². The van der Waals surface area contributed by atoms with E-state index in [4.69, 9.17) is 4.74 Å². The van der Waals surface area contributed by atoms with Gasteiger partial charge in [-0.1, -0.05) is 36.4 Å². The van der Waals surface area contributed by atoms with Crippen LogP contribution in [-0.2, 0) is 24.8 Å². The number of sulfonamides is 2. The number of hydrogen-bond acceptors (Lipinski definition) is 6. The van der Waals surface area contributed by atoms with Crippen LogP contribution >= 0.6 is 0 Å². The molecule has 0 unspecified atom stereocenters. The van der Waals surface area contributed by atoms with Crippen molar-refractivity contribution in [3.8, 4) is 5.75 Å². The van der Waals surface area contributed by atoms with Gasteiger partial charge in [-0.05, 0) is 55.3 Å². The summed E-state index contributed by atoms with van der Waals surface area (Å²) in [6, 6.07) is 20.3. The maximum Gasteiger partial charge on any atom is 0.264 e. The van der Waals surface area contributed by atoms with Gasteiger partial charge in [-0.2, -0.15) is 4.31 Å². The Hall–Kier alpha value is -3.41. The average Bonchev–Trinajstić information content (AvgIpc) is 3.44. The second-order valence-corrected chi connectivity index (χ2v) is 12.0. The molecule has 1 amide bonds. The van der Waals surface area contributed by atoms with Gasteiger partial charge >= 0.3 is 0 Å². The van der Waals surface area contributed by atoms with E-state index < -0.39 is 32.5 Å². The zero-order chi connectivity index (χ0) is 25.8. The zero-order valence-electron chi connectivity index (χ0n) is 19.7. The van der Waals surface area contributed by atoms with Gasteiger partial charge in [0.15, 0.2) is 0 Å². The molecule has 0 atom stereocenters. The Morgan fingerprint density at radius 3 is 2.11 bits per heavy atom. The molecule has 190 valence electrons. The van der Waals surface area contributed by atoms with Crippen LogP contribution in [-0.4, -0.2) is 53.8 Å². The van der Waals surface area contributed by atoms with Crippen molar-refractivity contribution in [3.63, 3.8) is 0 Å². The minimum atomic E-state index is -4.06. The molecule has 0 spiro atoms. The lowest BCUT2D eigenvalue weighted by atomic mass is 10.3. The summed E-state index contributed by atoms with van der Waals surface area (Å²) in [6.45, 7) is 0.354. The maximum absolute atomic E-state index is 13.4. The van der Waals surface area contributed by atoms with Crippen molar-refractivity contribution in [3.05, 3.63) is 78.9 Å². The highest BCUT2D eigenvalue weighted by molar-refractivity contribution is 7.92. The molecule has 4 rings (SSSR count). The topological polar surface area (TPSA) is 113 Å². The normalized spacial score (nSPS) is 14.4. The van der Waals surface area contributed by atoms with Gasteiger partial charge in [0, 0.05) is 13.1 Å². The minimum absolute atomic E-state index is 0.0253. The van der Waals surface area contributed by atoms with E-state index >= 15 is 0 Å². The standard InChI is InChI=1S/C25H27N3O6S2/c1-34-24-15-14-22(35(30,31)27-16-8-9-17-27)18-23(24)26-25(29)19-28(20-10-4-2-5-11-20)36(32,33)21-12-6-3-7-13-21/h2-7,10-15,18H,8-9,16-17,19H2,1H3,(H,26,29). The molecule has 1 fully saturated rings. The van der Waals surface area contributed by atoms with Gasteiger partial charge in [0.1, 0.15) is 12.3 Å². The number of carbonyl (C=O) groups is 1. The number of carbonyl (C=O) groups excluding carboxylic acids is 1. The SMILES string of the molecule is COc1ccc(S(=O)(=O)N2CCCC2)cc1NC(=O)CN(c1ccccc1)S(=O)(=O)c1ccccc1. The van der Waals surface area contributed by atoms with Crippen LogP contribution in [0.25, 0.3) is 0 Å². The quantitative estimate of drug-likeness (QED) is 0.455. The number of nitrogens with zero attached hydrogens (tertiary/aromatic N) is 2. The van der Waals surface area contributed by atoms with E-state index in [0.29, 0.717) is 18.8 Å². The monoisotopic (exact) mass is 529 g/mol. The Morgan fingerprint density at radius 2 is 1.50 bits per heavy atom. The first-order valence-corrected chi connectivity index (χ1v) is 14.2. The molecule has 0 aliphatic carbocycles. The second kappa shape index (κ2) is 10.7. The summed E-state index contributed by atoms with van der Waals surface area (Å²) in [5.74, 6) is -0.409. The summed E-state index contributed by atoms with van der Waals surface area (Å²) in [4.78, 5) is 13.2. The summed E-state index contributed by atoms with van der Waals surface area (Å²) in [7, 11) is -6.39. The van der Waals surface area contributed by atoms with E-state index in [2.05, 4.69) is 5.32 Å². The molecule has 1 heterocycles. The lowest BCUT2D eigenvalue weighted by Gasteiger charge is -2.24. The molecule has 11 heteroatoms. The third-order valence-electron chi connectivity index (χ3n) is 5.81. The fraction of sp³-hybridized carbons (Fsp3) is 0.240. The largest absolute Gasteiger partial charge is 0.495 e. The Kier molecular flexibility index (Phi) is 7.62. The van der Waals surface area contributed by atoms with Crippen LogP contribution < -0.4 is 14.4 Å². The summed E-state index contributed by atoms with van der Waals surface area (Å²) in [5, 5.41) is 2.64. The number of methoxy groups -OCH3 is 1. The fourth-order valence-corrected chi connectivity index (χ4v) is 6.96. The Morgan fingerprint density at radius 1 is 0.889 bits per heavy atom. The summed E-state index contributed by atoms with van der Waals surface area (Å²) < 4.78 is 60.6. The number of ether oxygens (including phenoxy) is 1. The highest BCUT2D eigenvalue weighted by atomic mass is 32.2. The predicted octanol–water partition coefficient (Wildman–Crippen LogP) is 3.31. The molecule has 0 bridgehead atoms. The molecular weight excluding hydrogens is 502 g/mol. The first-order chi connectivity index (χ1) is 17.2. The Bertz CT molecular complexity index is 1420. The number of rotatable bonds is 9. The lowest BCUT2D eigenvalue weighted by molar-refractivity contribution is -0.114. The summed E-state index contributed by atoms with van der Waals surface area (Å²) in [6.07, 6.45) is 1.59. The van der Waals surface area contributed by atoms with Gasteiger partial charge in [0.25, 0.3) is 10.0 Å². The average molecular weight is 530 g/mol. The molecule has 0 saturated carbocycles. The summed E-state index contributed by atoms with van der Waals surface area (Å²) >= 11 is 0. The first kappa shape index (κ1) is 25.7. The number of para-hydroxylation sites is 1. The van der Waals surface area contributed by atoms with E-state index in [1.807, 2.05) is 0 Å². The molecule has 9 nitrogen and oxygen atoms in total. The van der Waals surface area contributed by atoms with Crippen LogP contribution in [0.5, 0.6) is 5.75 Å². The highest BCUT2D eigenvalue weighted by Crippen LogP contribution is 2.30. The Balaban J connectivity index is 1.64. The number of anilines is 2. The molecule has 0 radical (unpaired) electrons. The van der Waals surface area contributed by atoms with Crippen molar-refractivity contribution < 1.29 is 26.4 Å². The first-order valence-electron chi connectivity index (χ1n) is 11.3. The van der Waals surface area contributed by atoms with Gasteiger partial charge in [0.2, 0.25) is 15.9 Å². The van der Waals surface area contributed by atoms with E-state index in [9.17, 15) is 21.6 Å². The predicted molar refractivity (Wildman–Crippen MR) is 137 cm³/mol. The van der Waals surface area contributed by atoms with Gasteiger partial charge < -0.3 is 10.1 Å². The number of nitrogens with one attached hydrogen (secondary N) is 1. The van der Waals surface area contributed by atoms with E-state index in [0.717, 1.165) is 17.1 Å². The van der Waals surface area contributed by atoms with Gasteiger partial charge in [-0.15, -0.1) is 0 Å². The molecule has 1 N–H and O–H groups in total. The highest BCUT2D eigenvalue weighted by Gasteiger charge is 2.29. The van der Waals surface area contributed by atoms with Crippen LogP contribution in [0.4, 0.5) is 11.4 Å². The fourth-order valence-electron chi connectivity index (χ4n) is 3.97.